The normalized spacial score (nSPS) is 14.2. The zero-order valence-corrected chi connectivity index (χ0v) is 13.9. The maximum Gasteiger partial charge on any atom is 0.321 e. The molecule has 0 rings (SSSR count). The molecule has 0 radical (unpaired) electrons. The van der Waals surface area contributed by atoms with Gasteiger partial charge in [-0.1, -0.05) is 39.0 Å². The van der Waals surface area contributed by atoms with E-state index in [1.54, 1.807) is 20.8 Å². The van der Waals surface area contributed by atoms with Crippen LogP contribution in [0.25, 0.3) is 0 Å². The summed E-state index contributed by atoms with van der Waals surface area (Å²) in [6, 6.07) is 0. The van der Waals surface area contributed by atoms with E-state index in [1.165, 1.54) is 0 Å². The monoisotopic (exact) mass is 316 g/mol. The van der Waals surface area contributed by atoms with E-state index in [0.29, 0.717) is 6.42 Å². The van der Waals surface area contributed by atoms with Crippen LogP contribution in [0.15, 0.2) is 0 Å². The van der Waals surface area contributed by atoms with Gasteiger partial charge in [-0.25, -0.2) is 0 Å². The minimum Gasteiger partial charge on any atom is -0.481 e. The second-order valence-corrected chi connectivity index (χ2v) is 6.50. The highest BCUT2D eigenvalue weighted by atomic mass is 16.6. The molecular formula is C16H28O6. The van der Waals surface area contributed by atoms with Crippen molar-refractivity contribution >= 4 is 17.9 Å². The van der Waals surface area contributed by atoms with Crippen LogP contribution in [0.4, 0.5) is 0 Å². The summed E-state index contributed by atoms with van der Waals surface area (Å²) in [5.41, 5.74) is -0.852. The molecule has 0 aromatic rings. The Balaban J connectivity index is 4.85. The first-order valence-electron chi connectivity index (χ1n) is 7.78. The van der Waals surface area contributed by atoms with E-state index in [0.717, 1.165) is 25.7 Å². The first-order valence-corrected chi connectivity index (χ1v) is 7.78. The molecule has 0 saturated heterocycles. The van der Waals surface area contributed by atoms with Crippen molar-refractivity contribution < 1.29 is 29.3 Å². The quantitative estimate of drug-likeness (QED) is 0.365. The van der Waals surface area contributed by atoms with Gasteiger partial charge in [-0.05, 0) is 27.2 Å². The van der Waals surface area contributed by atoms with E-state index in [1.807, 2.05) is 0 Å². The molecule has 0 fully saturated rings. The Labute approximate surface area is 131 Å². The Hall–Kier alpha value is -1.59. The van der Waals surface area contributed by atoms with E-state index in [4.69, 9.17) is 4.74 Å². The third-order valence-electron chi connectivity index (χ3n) is 3.27. The lowest BCUT2D eigenvalue weighted by molar-refractivity contribution is -0.174. The number of hydrogen-bond donors (Lipinski definition) is 2. The van der Waals surface area contributed by atoms with Gasteiger partial charge >= 0.3 is 17.9 Å². The maximum atomic E-state index is 12.0. The van der Waals surface area contributed by atoms with Crippen molar-refractivity contribution in [3.8, 4) is 0 Å². The molecule has 0 aliphatic heterocycles. The van der Waals surface area contributed by atoms with Gasteiger partial charge in [0.2, 0.25) is 0 Å². The summed E-state index contributed by atoms with van der Waals surface area (Å²) in [4.78, 5) is 34.7. The predicted octanol–water partition coefficient (Wildman–Crippen LogP) is 3.09. The number of rotatable bonds is 10. The van der Waals surface area contributed by atoms with Gasteiger partial charge in [0.25, 0.3) is 0 Å². The van der Waals surface area contributed by atoms with Gasteiger partial charge in [0, 0.05) is 0 Å². The number of carboxylic acids is 2. The fourth-order valence-electron chi connectivity index (χ4n) is 2.20. The lowest BCUT2D eigenvalue weighted by atomic mass is 9.87. The van der Waals surface area contributed by atoms with E-state index < -0.39 is 35.3 Å². The molecule has 0 aliphatic carbocycles. The average Bonchev–Trinajstić information content (AvgIpc) is 2.33. The van der Waals surface area contributed by atoms with Gasteiger partial charge < -0.3 is 14.9 Å². The van der Waals surface area contributed by atoms with Crippen molar-refractivity contribution in [1.29, 1.82) is 0 Å². The average molecular weight is 316 g/mol. The van der Waals surface area contributed by atoms with Crippen molar-refractivity contribution in [2.24, 2.45) is 11.8 Å². The fourth-order valence-corrected chi connectivity index (χ4v) is 2.20. The third kappa shape index (κ3) is 8.00. The van der Waals surface area contributed by atoms with E-state index in [-0.39, 0.29) is 6.42 Å². The van der Waals surface area contributed by atoms with Crippen LogP contribution >= 0.6 is 0 Å². The van der Waals surface area contributed by atoms with E-state index >= 15 is 0 Å². The molecule has 2 atom stereocenters. The highest BCUT2D eigenvalue weighted by Crippen LogP contribution is 2.24. The van der Waals surface area contributed by atoms with Crippen molar-refractivity contribution in [2.45, 2.75) is 71.8 Å². The lowest BCUT2D eigenvalue weighted by Crippen LogP contribution is -2.40. The van der Waals surface area contributed by atoms with Crippen LogP contribution in [0.5, 0.6) is 0 Å². The summed E-state index contributed by atoms with van der Waals surface area (Å²) in [5.74, 6) is -6.62. The Kier molecular flexibility index (Phi) is 8.75. The molecule has 6 heteroatoms. The molecular weight excluding hydrogens is 288 g/mol. The number of carboxylic acid groups (broad SMARTS) is 2. The van der Waals surface area contributed by atoms with E-state index in [9.17, 15) is 24.6 Å². The fraction of sp³-hybridized carbons (Fsp3) is 0.812. The van der Waals surface area contributed by atoms with Gasteiger partial charge in [0.1, 0.15) is 5.60 Å². The maximum absolute atomic E-state index is 12.0. The summed E-state index contributed by atoms with van der Waals surface area (Å²) in [5, 5.41) is 18.5. The lowest BCUT2D eigenvalue weighted by Gasteiger charge is -2.25. The van der Waals surface area contributed by atoms with Crippen LogP contribution in [0.1, 0.15) is 66.2 Å². The minimum atomic E-state index is -1.66. The van der Waals surface area contributed by atoms with Crippen molar-refractivity contribution in [3.05, 3.63) is 0 Å². The zero-order valence-electron chi connectivity index (χ0n) is 13.9. The Morgan fingerprint density at radius 3 is 1.91 bits per heavy atom. The number of aliphatic carboxylic acids is 2. The van der Waals surface area contributed by atoms with Crippen LogP contribution < -0.4 is 0 Å². The van der Waals surface area contributed by atoms with Crippen LogP contribution in [0.2, 0.25) is 0 Å². The van der Waals surface area contributed by atoms with Crippen LogP contribution in [-0.4, -0.2) is 33.7 Å². The molecule has 0 aromatic heterocycles. The van der Waals surface area contributed by atoms with Crippen LogP contribution in [0, 0.1) is 11.8 Å². The molecule has 22 heavy (non-hydrogen) atoms. The van der Waals surface area contributed by atoms with Gasteiger partial charge in [0.15, 0.2) is 5.92 Å². The second-order valence-electron chi connectivity index (χ2n) is 6.50. The SMILES string of the molecule is CCCCCCCC(C(=O)O)C(C(=O)O)C(=O)OC(C)(C)C. The molecule has 2 N–H and O–H groups in total. The molecule has 128 valence electrons. The Bertz CT molecular complexity index is 383. The first-order chi connectivity index (χ1) is 10.1. The van der Waals surface area contributed by atoms with E-state index in [2.05, 4.69) is 6.92 Å². The molecule has 0 saturated carbocycles. The number of carbonyl (C=O) groups is 3. The number of carbonyl (C=O) groups excluding carboxylic acids is 1. The highest BCUT2D eigenvalue weighted by Gasteiger charge is 2.41. The largest absolute Gasteiger partial charge is 0.481 e. The summed E-state index contributed by atoms with van der Waals surface area (Å²) in [6.07, 6.45) is 4.69. The second kappa shape index (κ2) is 9.43. The van der Waals surface area contributed by atoms with Crippen molar-refractivity contribution in [3.63, 3.8) is 0 Å². The molecule has 0 bridgehead atoms. The minimum absolute atomic E-state index is 0.162. The van der Waals surface area contributed by atoms with Crippen LogP contribution in [-0.2, 0) is 19.1 Å². The summed E-state index contributed by atoms with van der Waals surface area (Å²) in [6.45, 7) is 6.92. The smallest absolute Gasteiger partial charge is 0.321 e. The molecule has 0 aliphatic rings. The van der Waals surface area contributed by atoms with Crippen molar-refractivity contribution in [2.75, 3.05) is 0 Å². The summed E-state index contributed by atoms with van der Waals surface area (Å²) < 4.78 is 5.05. The van der Waals surface area contributed by atoms with Gasteiger partial charge in [-0.15, -0.1) is 0 Å². The molecule has 2 unspecified atom stereocenters. The van der Waals surface area contributed by atoms with Gasteiger partial charge in [0.05, 0.1) is 5.92 Å². The number of esters is 1. The number of hydrogen-bond acceptors (Lipinski definition) is 4. The van der Waals surface area contributed by atoms with Crippen molar-refractivity contribution in [1.82, 2.24) is 0 Å². The van der Waals surface area contributed by atoms with Crippen LogP contribution in [0.3, 0.4) is 0 Å². The topological polar surface area (TPSA) is 101 Å². The molecule has 0 spiro atoms. The standard InChI is InChI=1S/C16H28O6/c1-5-6-7-8-9-10-11(13(17)18)12(14(19)20)15(21)22-16(2,3)4/h11-12H,5-10H2,1-4H3,(H,17,18)(H,19,20). The third-order valence-corrected chi connectivity index (χ3v) is 3.27. The Morgan fingerprint density at radius 2 is 1.50 bits per heavy atom. The molecule has 0 amide bonds. The first kappa shape index (κ1) is 20.4. The number of unbranched alkanes of at least 4 members (excludes halogenated alkanes) is 4. The van der Waals surface area contributed by atoms with Gasteiger partial charge in [-0.3, -0.25) is 14.4 Å². The highest BCUT2D eigenvalue weighted by molar-refractivity contribution is 5.98. The Morgan fingerprint density at radius 1 is 0.955 bits per heavy atom. The molecule has 6 nitrogen and oxygen atoms in total. The zero-order chi connectivity index (χ0) is 17.3. The number of ether oxygens (including phenoxy) is 1. The molecule has 0 aromatic carbocycles. The summed E-state index contributed by atoms with van der Waals surface area (Å²) in [7, 11) is 0. The molecule has 0 heterocycles. The van der Waals surface area contributed by atoms with Gasteiger partial charge in [-0.2, -0.15) is 0 Å². The predicted molar refractivity (Wildman–Crippen MR) is 81.5 cm³/mol. The summed E-state index contributed by atoms with van der Waals surface area (Å²) >= 11 is 0.